The van der Waals surface area contributed by atoms with Crippen LogP contribution in [0.5, 0.6) is 0 Å². The van der Waals surface area contributed by atoms with Crippen molar-refractivity contribution < 1.29 is 8.42 Å². The number of hydrogen-bond acceptors (Lipinski definition) is 3. The molecule has 0 aromatic heterocycles. The lowest BCUT2D eigenvalue weighted by atomic mass is 10.1. The maximum atomic E-state index is 12.5. The Bertz CT molecular complexity index is 866. The Morgan fingerprint density at radius 1 is 0.962 bits per heavy atom. The minimum absolute atomic E-state index is 0.00358. The van der Waals surface area contributed by atoms with Crippen LogP contribution in [-0.4, -0.2) is 26.4 Å². The lowest BCUT2D eigenvalue weighted by molar-refractivity contribution is 0.221. The Kier molecular flexibility index (Phi) is 6.59. The third kappa shape index (κ3) is 5.21. The van der Waals surface area contributed by atoms with E-state index in [0.29, 0.717) is 5.02 Å². The zero-order chi connectivity index (χ0) is 18.6. The highest BCUT2D eigenvalue weighted by Gasteiger charge is 2.18. The molecule has 3 rings (SSSR count). The summed E-state index contributed by atoms with van der Waals surface area (Å²) in [6.07, 6.45) is 3.81. The molecule has 1 aliphatic heterocycles. The summed E-state index contributed by atoms with van der Waals surface area (Å²) in [5, 5.41) is 0.485. The van der Waals surface area contributed by atoms with Crippen LogP contribution in [0.2, 0.25) is 10.0 Å². The summed E-state index contributed by atoms with van der Waals surface area (Å²) in [5.74, 6) is 0. The Balaban J connectivity index is 1.67. The summed E-state index contributed by atoms with van der Waals surface area (Å²) in [4.78, 5) is 2.44. The summed E-state index contributed by atoms with van der Waals surface area (Å²) in [6.45, 7) is 3.37. The highest BCUT2D eigenvalue weighted by atomic mass is 35.5. The molecule has 26 heavy (non-hydrogen) atoms. The van der Waals surface area contributed by atoms with Gasteiger partial charge in [-0.15, -0.1) is 0 Å². The molecule has 140 valence electrons. The van der Waals surface area contributed by atoms with Crippen molar-refractivity contribution in [3.8, 4) is 0 Å². The minimum Gasteiger partial charge on any atom is -0.299 e. The van der Waals surface area contributed by atoms with E-state index >= 15 is 0 Å². The van der Waals surface area contributed by atoms with Crippen molar-refractivity contribution in [2.75, 3.05) is 13.1 Å². The highest BCUT2D eigenvalue weighted by molar-refractivity contribution is 7.89. The molecule has 1 N–H and O–H groups in total. The van der Waals surface area contributed by atoms with Crippen LogP contribution >= 0.6 is 23.2 Å². The number of nitrogens with zero attached hydrogens (tertiary/aromatic N) is 1. The van der Waals surface area contributed by atoms with E-state index in [9.17, 15) is 8.42 Å². The van der Waals surface area contributed by atoms with Gasteiger partial charge < -0.3 is 0 Å². The van der Waals surface area contributed by atoms with Crippen molar-refractivity contribution in [3.63, 3.8) is 0 Å². The summed E-state index contributed by atoms with van der Waals surface area (Å²) in [6, 6.07) is 12.4. The number of benzene rings is 2. The molecular formula is C19H22Cl2N2O2S. The second-order valence-corrected chi connectivity index (χ2v) is 9.14. The summed E-state index contributed by atoms with van der Waals surface area (Å²) in [5.41, 5.74) is 2.12. The van der Waals surface area contributed by atoms with E-state index in [1.54, 1.807) is 6.07 Å². The van der Waals surface area contributed by atoms with E-state index < -0.39 is 10.0 Å². The largest absolute Gasteiger partial charge is 0.299 e. The number of halogens is 2. The first-order valence-corrected chi connectivity index (χ1v) is 10.9. The molecule has 0 radical (unpaired) electrons. The molecule has 0 spiro atoms. The van der Waals surface area contributed by atoms with Gasteiger partial charge in [-0.3, -0.25) is 4.90 Å². The third-order valence-electron chi connectivity index (χ3n) is 4.50. The van der Waals surface area contributed by atoms with E-state index in [4.69, 9.17) is 23.2 Å². The van der Waals surface area contributed by atoms with E-state index in [1.807, 2.05) is 12.1 Å². The molecule has 0 atom stereocenters. The van der Waals surface area contributed by atoms with Gasteiger partial charge in [0, 0.05) is 18.1 Å². The topological polar surface area (TPSA) is 49.4 Å². The second kappa shape index (κ2) is 8.72. The summed E-state index contributed by atoms with van der Waals surface area (Å²) in [7, 11) is -3.73. The SMILES string of the molecule is O=S(=O)(NCc1cccc(CN2CCCCC2)c1)c1cc(Cl)ccc1Cl. The van der Waals surface area contributed by atoms with E-state index in [-0.39, 0.29) is 16.5 Å². The van der Waals surface area contributed by atoms with Crippen molar-refractivity contribution in [1.82, 2.24) is 9.62 Å². The molecule has 0 amide bonds. The minimum atomic E-state index is -3.73. The standard InChI is InChI=1S/C19H22Cl2N2O2S/c20-17-7-8-18(21)19(12-17)26(24,25)22-13-15-5-4-6-16(11-15)14-23-9-2-1-3-10-23/h4-8,11-12,22H,1-3,9-10,13-14H2. The maximum Gasteiger partial charge on any atom is 0.242 e. The number of hydrogen-bond donors (Lipinski definition) is 1. The molecule has 0 bridgehead atoms. The molecule has 2 aromatic rings. The average molecular weight is 413 g/mol. The molecule has 2 aromatic carbocycles. The van der Waals surface area contributed by atoms with Gasteiger partial charge >= 0.3 is 0 Å². The fourth-order valence-electron chi connectivity index (χ4n) is 3.15. The van der Waals surface area contributed by atoms with Gasteiger partial charge in [0.25, 0.3) is 0 Å². The van der Waals surface area contributed by atoms with Crippen LogP contribution in [0, 0.1) is 0 Å². The maximum absolute atomic E-state index is 12.5. The molecule has 1 aliphatic rings. The van der Waals surface area contributed by atoms with Gasteiger partial charge in [0.2, 0.25) is 10.0 Å². The van der Waals surface area contributed by atoms with Gasteiger partial charge in [-0.1, -0.05) is 53.9 Å². The van der Waals surface area contributed by atoms with Crippen molar-refractivity contribution in [3.05, 3.63) is 63.6 Å². The predicted octanol–water partition coefficient (Wildman–Crippen LogP) is 4.46. The summed E-state index contributed by atoms with van der Waals surface area (Å²) < 4.78 is 27.6. The van der Waals surface area contributed by atoms with Crippen LogP contribution < -0.4 is 4.72 Å². The number of rotatable bonds is 6. The number of sulfonamides is 1. The summed E-state index contributed by atoms with van der Waals surface area (Å²) >= 11 is 11.9. The lowest BCUT2D eigenvalue weighted by Gasteiger charge is -2.26. The van der Waals surface area contributed by atoms with Crippen LogP contribution in [0.25, 0.3) is 0 Å². The fraction of sp³-hybridized carbons (Fsp3) is 0.368. The molecular weight excluding hydrogens is 391 g/mol. The molecule has 0 saturated carbocycles. The van der Waals surface area contributed by atoms with Crippen LogP contribution in [0.4, 0.5) is 0 Å². The monoisotopic (exact) mass is 412 g/mol. The predicted molar refractivity (Wildman–Crippen MR) is 106 cm³/mol. The van der Waals surface area contributed by atoms with Gasteiger partial charge in [-0.05, 0) is 55.3 Å². The van der Waals surface area contributed by atoms with Gasteiger partial charge in [0.1, 0.15) is 4.90 Å². The van der Waals surface area contributed by atoms with Crippen LogP contribution in [0.15, 0.2) is 47.4 Å². The Morgan fingerprint density at radius 2 is 1.69 bits per heavy atom. The van der Waals surface area contributed by atoms with Crippen LogP contribution in [0.1, 0.15) is 30.4 Å². The van der Waals surface area contributed by atoms with Gasteiger partial charge in [-0.2, -0.15) is 0 Å². The van der Waals surface area contributed by atoms with Crippen LogP contribution in [0.3, 0.4) is 0 Å². The first-order chi connectivity index (χ1) is 12.4. The lowest BCUT2D eigenvalue weighted by Crippen LogP contribution is -2.29. The Labute approximate surface area is 165 Å². The third-order valence-corrected chi connectivity index (χ3v) is 6.61. The number of likely N-dealkylation sites (tertiary alicyclic amines) is 1. The normalized spacial score (nSPS) is 15.9. The first kappa shape index (κ1) is 19.6. The zero-order valence-corrected chi connectivity index (χ0v) is 16.7. The van der Waals surface area contributed by atoms with E-state index in [1.165, 1.54) is 37.0 Å². The van der Waals surface area contributed by atoms with Crippen molar-refractivity contribution in [1.29, 1.82) is 0 Å². The Morgan fingerprint density at radius 3 is 2.46 bits per heavy atom. The second-order valence-electron chi connectivity index (χ2n) is 6.56. The smallest absolute Gasteiger partial charge is 0.242 e. The van der Waals surface area contributed by atoms with Gasteiger partial charge in [0.05, 0.1) is 5.02 Å². The van der Waals surface area contributed by atoms with Gasteiger partial charge in [0.15, 0.2) is 0 Å². The Hall–Kier alpha value is -1.11. The molecule has 1 fully saturated rings. The van der Waals surface area contributed by atoms with Crippen LogP contribution in [-0.2, 0) is 23.1 Å². The molecule has 1 heterocycles. The molecule has 1 saturated heterocycles. The van der Waals surface area contributed by atoms with E-state index in [0.717, 1.165) is 25.2 Å². The quantitative estimate of drug-likeness (QED) is 0.761. The number of nitrogens with one attached hydrogen (secondary N) is 1. The van der Waals surface area contributed by atoms with E-state index in [2.05, 4.69) is 21.8 Å². The average Bonchev–Trinajstić information content (AvgIpc) is 2.63. The van der Waals surface area contributed by atoms with Crippen molar-refractivity contribution in [2.24, 2.45) is 0 Å². The van der Waals surface area contributed by atoms with Gasteiger partial charge in [-0.25, -0.2) is 13.1 Å². The number of piperidine rings is 1. The highest BCUT2D eigenvalue weighted by Crippen LogP contribution is 2.25. The van der Waals surface area contributed by atoms with Crippen molar-refractivity contribution in [2.45, 2.75) is 37.2 Å². The molecule has 4 nitrogen and oxygen atoms in total. The van der Waals surface area contributed by atoms with Crippen molar-refractivity contribution >= 4 is 33.2 Å². The fourth-order valence-corrected chi connectivity index (χ4v) is 4.93. The zero-order valence-electron chi connectivity index (χ0n) is 14.4. The molecule has 0 unspecified atom stereocenters. The first-order valence-electron chi connectivity index (χ1n) is 8.69. The molecule has 0 aliphatic carbocycles. The molecule has 7 heteroatoms.